The van der Waals surface area contributed by atoms with E-state index in [9.17, 15) is 0 Å². The van der Waals surface area contributed by atoms with E-state index in [-0.39, 0.29) is 0 Å². The van der Waals surface area contributed by atoms with Crippen LogP contribution < -0.4 is 15.5 Å². The van der Waals surface area contributed by atoms with Crippen molar-refractivity contribution in [3.8, 4) is 0 Å². The lowest BCUT2D eigenvalue weighted by atomic mass is 10.1. The number of nitrogens with one attached hydrogen (secondary N) is 2. The smallest absolute Gasteiger partial charge is 0.191 e. The van der Waals surface area contributed by atoms with Crippen molar-refractivity contribution in [3.05, 3.63) is 41.9 Å². The maximum atomic E-state index is 4.83. The maximum absolute atomic E-state index is 4.83. The lowest BCUT2D eigenvalue weighted by Gasteiger charge is -2.33. The minimum atomic E-state index is 0.412. The molecule has 7 heteroatoms. The number of hydrogen-bond donors (Lipinski definition) is 2. The predicted molar refractivity (Wildman–Crippen MR) is 94.0 cm³/mol. The van der Waals surface area contributed by atoms with Crippen molar-refractivity contribution in [2.24, 2.45) is 4.99 Å². The Balaban J connectivity index is 1.47. The first kappa shape index (κ1) is 16.3. The molecule has 2 aromatic rings. The number of anilines is 1. The van der Waals surface area contributed by atoms with Crippen molar-refractivity contribution < 1.29 is 4.52 Å². The summed E-state index contributed by atoms with van der Waals surface area (Å²) in [6, 6.07) is 8.43. The predicted octanol–water partition coefficient (Wildman–Crippen LogP) is 1.71. The zero-order valence-electron chi connectivity index (χ0n) is 14.2. The molecular formula is C17H24N6O. The molecule has 0 amide bonds. The highest BCUT2D eigenvalue weighted by Crippen LogP contribution is 2.18. The molecule has 2 aromatic heterocycles. The van der Waals surface area contributed by atoms with Crippen LogP contribution in [0.25, 0.3) is 0 Å². The highest BCUT2D eigenvalue weighted by molar-refractivity contribution is 5.79. The first-order valence-electron chi connectivity index (χ1n) is 8.29. The van der Waals surface area contributed by atoms with Gasteiger partial charge >= 0.3 is 0 Å². The largest absolute Gasteiger partial charge is 0.364 e. The number of hydrogen-bond acceptors (Lipinski definition) is 5. The second-order valence-corrected chi connectivity index (χ2v) is 5.96. The summed E-state index contributed by atoms with van der Waals surface area (Å²) >= 11 is 0. The summed E-state index contributed by atoms with van der Waals surface area (Å²) < 4.78 is 4.83. The molecule has 1 fully saturated rings. The zero-order valence-corrected chi connectivity index (χ0v) is 14.2. The monoisotopic (exact) mass is 328 g/mol. The van der Waals surface area contributed by atoms with Crippen LogP contribution in [0.5, 0.6) is 0 Å². The molecule has 1 aliphatic heterocycles. The van der Waals surface area contributed by atoms with Gasteiger partial charge in [-0.15, -0.1) is 0 Å². The van der Waals surface area contributed by atoms with Gasteiger partial charge in [-0.1, -0.05) is 11.2 Å². The molecule has 24 heavy (non-hydrogen) atoms. The van der Waals surface area contributed by atoms with E-state index in [1.807, 2.05) is 19.1 Å². The van der Waals surface area contributed by atoms with Gasteiger partial charge in [0.15, 0.2) is 5.96 Å². The summed E-state index contributed by atoms with van der Waals surface area (Å²) in [4.78, 5) is 11.2. The summed E-state index contributed by atoms with van der Waals surface area (Å²) in [5, 5.41) is 10.6. The molecule has 7 nitrogen and oxygen atoms in total. The third-order valence-electron chi connectivity index (χ3n) is 4.19. The van der Waals surface area contributed by atoms with E-state index in [2.05, 4.69) is 42.8 Å². The molecule has 0 aliphatic carbocycles. The number of nitrogens with zero attached hydrogens (tertiary/aromatic N) is 4. The van der Waals surface area contributed by atoms with E-state index in [4.69, 9.17) is 4.52 Å². The fourth-order valence-electron chi connectivity index (χ4n) is 2.85. The van der Waals surface area contributed by atoms with Crippen molar-refractivity contribution in [2.75, 3.05) is 25.0 Å². The lowest BCUT2D eigenvalue weighted by molar-refractivity contribution is 0.410. The van der Waals surface area contributed by atoms with Crippen LogP contribution in [0.3, 0.4) is 0 Å². The summed E-state index contributed by atoms with van der Waals surface area (Å²) in [7, 11) is 1.78. The number of guanidine groups is 1. The van der Waals surface area contributed by atoms with Gasteiger partial charge in [0.1, 0.15) is 17.8 Å². The highest BCUT2D eigenvalue weighted by atomic mass is 16.5. The van der Waals surface area contributed by atoms with Gasteiger partial charge in [-0.05, 0) is 31.9 Å². The van der Waals surface area contributed by atoms with Gasteiger partial charge in [-0.3, -0.25) is 4.99 Å². The summed E-state index contributed by atoms with van der Waals surface area (Å²) in [5.41, 5.74) is 1.92. The van der Waals surface area contributed by atoms with Crippen LogP contribution in [0.15, 0.2) is 40.0 Å². The summed E-state index contributed by atoms with van der Waals surface area (Å²) in [5.74, 6) is 1.87. The second kappa shape index (κ2) is 7.81. The van der Waals surface area contributed by atoms with Gasteiger partial charge in [0.2, 0.25) is 0 Å². The van der Waals surface area contributed by atoms with Crippen molar-refractivity contribution in [1.29, 1.82) is 0 Å². The Kier molecular flexibility index (Phi) is 5.30. The molecule has 3 rings (SSSR count). The molecule has 3 heterocycles. The highest BCUT2D eigenvalue weighted by Gasteiger charge is 2.20. The quantitative estimate of drug-likeness (QED) is 0.657. The van der Waals surface area contributed by atoms with Crippen LogP contribution in [-0.2, 0) is 6.54 Å². The Morgan fingerprint density at radius 3 is 2.83 bits per heavy atom. The molecule has 0 saturated carbocycles. The van der Waals surface area contributed by atoms with Crippen LogP contribution in [0.4, 0.5) is 5.82 Å². The average Bonchev–Trinajstić information content (AvgIpc) is 3.12. The molecule has 0 bridgehead atoms. The van der Waals surface area contributed by atoms with Crippen LogP contribution >= 0.6 is 0 Å². The average molecular weight is 328 g/mol. The van der Waals surface area contributed by atoms with Crippen molar-refractivity contribution >= 4 is 11.8 Å². The molecule has 128 valence electrons. The Labute approximate surface area is 142 Å². The Bertz CT molecular complexity index is 661. The Morgan fingerprint density at radius 2 is 2.17 bits per heavy atom. The molecule has 0 spiro atoms. The van der Waals surface area contributed by atoms with E-state index < -0.39 is 0 Å². The molecule has 1 saturated heterocycles. The second-order valence-electron chi connectivity index (χ2n) is 5.96. The van der Waals surface area contributed by atoms with E-state index in [1.165, 1.54) is 0 Å². The van der Waals surface area contributed by atoms with Gasteiger partial charge < -0.3 is 20.1 Å². The molecule has 0 aromatic carbocycles. The van der Waals surface area contributed by atoms with Crippen molar-refractivity contribution in [2.45, 2.75) is 32.4 Å². The Hall–Kier alpha value is -2.57. The zero-order chi connectivity index (χ0) is 16.8. The van der Waals surface area contributed by atoms with Gasteiger partial charge in [0.05, 0.1) is 6.54 Å². The van der Waals surface area contributed by atoms with Gasteiger partial charge in [0.25, 0.3) is 0 Å². The van der Waals surface area contributed by atoms with Gasteiger partial charge in [-0.25, -0.2) is 4.98 Å². The third-order valence-corrected chi connectivity index (χ3v) is 4.19. The molecule has 0 atom stereocenters. The van der Waals surface area contributed by atoms with Crippen LogP contribution in [0, 0.1) is 6.92 Å². The number of aromatic nitrogens is 2. The number of aryl methyl sites for hydroxylation is 1. The normalized spacial score (nSPS) is 16.2. The number of pyridine rings is 1. The van der Waals surface area contributed by atoms with E-state index >= 15 is 0 Å². The van der Waals surface area contributed by atoms with Crippen molar-refractivity contribution in [1.82, 2.24) is 20.8 Å². The van der Waals surface area contributed by atoms with E-state index in [0.29, 0.717) is 12.6 Å². The number of piperidine rings is 1. The topological polar surface area (TPSA) is 78.6 Å². The number of aliphatic imine (C=N–C) groups is 1. The molecular weight excluding hydrogens is 304 g/mol. The van der Waals surface area contributed by atoms with Crippen LogP contribution in [0.1, 0.15) is 24.2 Å². The van der Waals surface area contributed by atoms with Gasteiger partial charge in [-0.2, -0.15) is 0 Å². The molecule has 0 radical (unpaired) electrons. The van der Waals surface area contributed by atoms with E-state index in [1.54, 1.807) is 13.3 Å². The third kappa shape index (κ3) is 4.24. The minimum Gasteiger partial charge on any atom is -0.364 e. The fourth-order valence-corrected chi connectivity index (χ4v) is 2.85. The molecule has 0 unspecified atom stereocenters. The fraction of sp³-hybridized carbons (Fsp3) is 0.471. The van der Waals surface area contributed by atoms with Crippen molar-refractivity contribution in [3.63, 3.8) is 0 Å². The minimum absolute atomic E-state index is 0.412. The van der Waals surface area contributed by atoms with Gasteiger partial charge in [0, 0.05) is 37.9 Å². The first-order valence-corrected chi connectivity index (χ1v) is 8.29. The SMILES string of the molecule is CN=C(NCc1ccon1)NC1CCN(c2cccc(C)n2)CC1. The maximum Gasteiger partial charge on any atom is 0.191 e. The first-order chi connectivity index (χ1) is 11.7. The Morgan fingerprint density at radius 1 is 1.33 bits per heavy atom. The lowest BCUT2D eigenvalue weighted by Crippen LogP contribution is -2.48. The number of rotatable bonds is 4. The summed E-state index contributed by atoms with van der Waals surface area (Å²) in [6.45, 7) is 4.62. The van der Waals surface area contributed by atoms with Crippen LogP contribution in [0.2, 0.25) is 0 Å². The standard InChI is InChI=1S/C17H24N6O/c1-13-4-3-5-16(20-13)23-9-6-14(7-10-23)21-17(18-2)19-12-15-8-11-24-22-15/h3-5,8,11,14H,6-7,9-10,12H2,1-2H3,(H2,18,19,21). The molecule has 1 aliphatic rings. The summed E-state index contributed by atoms with van der Waals surface area (Å²) in [6.07, 6.45) is 3.68. The molecule has 2 N–H and O–H groups in total. The van der Waals surface area contributed by atoms with Crippen LogP contribution in [-0.4, -0.2) is 42.3 Å². The van der Waals surface area contributed by atoms with E-state index in [0.717, 1.165) is 49.1 Å².